The van der Waals surface area contributed by atoms with Crippen molar-refractivity contribution < 1.29 is 9.53 Å². The molecule has 0 atom stereocenters. The van der Waals surface area contributed by atoms with E-state index in [2.05, 4.69) is 35.2 Å². The van der Waals surface area contributed by atoms with Crippen molar-refractivity contribution in [1.29, 1.82) is 0 Å². The summed E-state index contributed by atoms with van der Waals surface area (Å²) in [5.74, 6) is 0.0372. The number of nitrogens with two attached hydrogens (primary N) is 1. The SMILES string of the molecule is COc1ccc(-c2c(Cl)cncc2Cl)c2cc(C(N)=O)c(-c3nn[n]([Sn]([CH3])([CH3])[CH3])n3)nc12. The standard InChI is InChI=1S/C17H11Cl2N7O2.3CH3.Sn/c1-28-12-3-2-7(13-10(18)5-21-6-11(13)19)8-4-9(16(20)27)15(22-14(8)12)17-23-25-26-24-17;;;;/h2-6H,1H3,(H3,20,22,23,24,25,26,27);3*1H3;/q;;;;+1/p-1. The molecular formula is C20H19Cl2N7O2Sn. The zero-order chi connectivity index (χ0) is 23.2. The van der Waals surface area contributed by atoms with Crippen LogP contribution in [0.15, 0.2) is 30.6 Å². The average molecular weight is 579 g/mol. The normalized spacial score (nSPS) is 11.7. The number of amides is 1. The summed E-state index contributed by atoms with van der Waals surface area (Å²) in [5, 5.41) is 14.1. The minimum absolute atomic E-state index is 0.150. The number of primary amides is 1. The molecule has 2 N–H and O–H groups in total. The number of tetrazole rings is 1. The molecule has 1 aromatic carbocycles. The van der Waals surface area contributed by atoms with E-state index in [1.807, 2.05) is 0 Å². The fourth-order valence-electron chi connectivity index (χ4n) is 3.24. The van der Waals surface area contributed by atoms with Gasteiger partial charge in [-0.25, -0.2) is 0 Å². The van der Waals surface area contributed by atoms with Gasteiger partial charge < -0.3 is 0 Å². The van der Waals surface area contributed by atoms with Gasteiger partial charge >= 0.3 is 199 Å². The van der Waals surface area contributed by atoms with Gasteiger partial charge in [0.15, 0.2) is 0 Å². The first-order chi connectivity index (χ1) is 15.1. The van der Waals surface area contributed by atoms with Gasteiger partial charge in [0.05, 0.1) is 0 Å². The summed E-state index contributed by atoms with van der Waals surface area (Å²) < 4.78 is 7.18. The molecule has 1 amide bonds. The van der Waals surface area contributed by atoms with E-state index in [1.54, 1.807) is 21.2 Å². The Labute approximate surface area is 198 Å². The molecule has 164 valence electrons. The number of fused-ring (bicyclic) bond motifs is 1. The van der Waals surface area contributed by atoms with Crippen LogP contribution in [0.4, 0.5) is 0 Å². The van der Waals surface area contributed by atoms with E-state index in [0.717, 1.165) is 0 Å². The fraction of sp³-hybridized carbons (Fsp3) is 0.200. The third kappa shape index (κ3) is 4.00. The van der Waals surface area contributed by atoms with Gasteiger partial charge in [-0.1, -0.05) is 0 Å². The summed E-state index contributed by atoms with van der Waals surface area (Å²) in [6.45, 7) is 0. The van der Waals surface area contributed by atoms with E-state index in [1.165, 1.54) is 19.5 Å². The third-order valence-corrected chi connectivity index (χ3v) is 9.32. The van der Waals surface area contributed by atoms with Crippen molar-refractivity contribution in [2.24, 2.45) is 5.73 Å². The Morgan fingerprint density at radius 3 is 2.41 bits per heavy atom. The zero-order valence-electron chi connectivity index (χ0n) is 17.7. The Balaban J connectivity index is 2.06. The molecule has 0 saturated heterocycles. The van der Waals surface area contributed by atoms with E-state index in [-0.39, 0.29) is 17.1 Å². The molecule has 32 heavy (non-hydrogen) atoms. The van der Waals surface area contributed by atoms with Crippen LogP contribution in [0.5, 0.6) is 5.75 Å². The topological polar surface area (TPSA) is 122 Å². The number of halogens is 2. The van der Waals surface area contributed by atoms with Gasteiger partial charge in [0.2, 0.25) is 0 Å². The molecule has 9 nitrogen and oxygen atoms in total. The van der Waals surface area contributed by atoms with E-state index in [4.69, 9.17) is 38.7 Å². The Morgan fingerprint density at radius 1 is 1.16 bits per heavy atom. The van der Waals surface area contributed by atoms with Crippen molar-refractivity contribution in [3.05, 3.63) is 46.2 Å². The molecule has 0 aliphatic carbocycles. The number of carbonyl (C=O) groups is 1. The number of ether oxygens (including phenoxy) is 1. The van der Waals surface area contributed by atoms with Crippen LogP contribution in [0.2, 0.25) is 24.9 Å². The number of pyridine rings is 2. The Morgan fingerprint density at radius 2 is 1.84 bits per heavy atom. The predicted octanol–water partition coefficient (Wildman–Crippen LogP) is 4.05. The molecule has 0 aliphatic heterocycles. The van der Waals surface area contributed by atoms with E-state index in [0.29, 0.717) is 37.8 Å². The number of hydrogen-bond donors (Lipinski definition) is 1. The molecule has 3 aromatic heterocycles. The van der Waals surface area contributed by atoms with Crippen molar-refractivity contribution in [3.8, 4) is 28.4 Å². The first-order valence-corrected chi connectivity index (χ1v) is 20.1. The van der Waals surface area contributed by atoms with Crippen LogP contribution in [0.1, 0.15) is 10.4 Å². The van der Waals surface area contributed by atoms with Crippen molar-refractivity contribution in [2.45, 2.75) is 14.8 Å². The summed E-state index contributed by atoms with van der Waals surface area (Å²) in [7, 11) is 1.53. The van der Waals surface area contributed by atoms with Crippen LogP contribution in [0.25, 0.3) is 33.5 Å². The van der Waals surface area contributed by atoms with Gasteiger partial charge in [-0.05, 0) is 0 Å². The second-order valence-corrected chi connectivity index (χ2v) is 22.4. The number of nitrogens with zero attached hydrogens (tertiary/aromatic N) is 6. The van der Waals surface area contributed by atoms with Crippen LogP contribution in [-0.4, -0.2) is 60.1 Å². The average Bonchev–Trinajstić information content (AvgIpc) is 3.23. The predicted molar refractivity (Wildman–Crippen MR) is 126 cm³/mol. The number of benzene rings is 1. The second kappa shape index (κ2) is 8.45. The molecule has 3 heterocycles. The Bertz CT molecular complexity index is 1350. The van der Waals surface area contributed by atoms with Crippen LogP contribution in [0, 0.1) is 0 Å². The molecule has 4 rings (SSSR count). The summed E-state index contributed by atoms with van der Waals surface area (Å²) in [6, 6.07) is 5.18. The van der Waals surface area contributed by atoms with Crippen LogP contribution in [0.3, 0.4) is 0 Å². The molecule has 0 unspecified atom stereocenters. The van der Waals surface area contributed by atoms with Gasteiger partial charge in [-0.2, -0.15) is 0 Å². The van der Waals surface area contributed by atoms with Crippen LogP contribution in [-0.2, 0) is 0 Å². The Kier molecular flexibility index (Phi) is 5.99. The van der Waals surface area contributed by atoms with Gasteiger partial charge in [-0.3, -0.25) is 0 Å². The van der Waals surface area contributed by atoms with E-state index in [9.17, 15) is 4.79 Å². The van der Waals surface area contributed by atoms with Crippen LogP contribution < -0.4 is 10.5 Å². The van der Waals surface area contributed by atoms with Gasteiger partial charge in [0.1, 0.15) is 0 Å². The van der Waals surface area contributed by atoms with E-state index >= 15 is 0 Å². The summed E-state index contributed by atoms with van der Waals surface area (Å²) >= 11 is 10.1. The van der Waals surface area contributed by atoms with E-state index < -0.39 is 24.6 Å². The Hall–Kier alpha value is -2.50. The van der Waals surface area contributed by atoms with Crippen molar-refractivity contribution >= 4 is 58.7 Å². The molecule has 0 saturated carbocycles. The summed E-state index contributed by atoms with van der Waals surface area (Å²) in [4.78, 5) is 27.5. The quantitative estimate of drug-likeness (QED) is 0.355. The molecular weight excluding hydrogens is 560 g/mol. The number of hydrogen-bond acceptors (Lipinski definition) is 7. The second-order valence-electron chi connectivity index (χ2n) is 8.01. The number of aromatic nitrogens is 6. The minimum atomic E-state index is -2.66. The number of rotatable bonds is 5. The molecule has 0 fully saturated rings. The third-order valence-electron chi connectivity index (χ3n) is 4.78. The molecule has 12 heteroatoms. The van der Waals surface area contributed by atoms with Crippen LogP contribution >= 0.6 is 23.2 Å². The first kappa shape index (κ1) is 22.7. The van der Waals surface area contributed by atoms with Gasteiger partial charge in [0.25, 0.3) is 0 Å². The maximum absolute atomic E-state index is 12.4. The number of carbonyl (C=O) groups excluding carboxylic acids is 1. The summed E-state index contributed by atoms with van der Waals surface area (Å²) in [5.41, 5.74) is 7.79. The van der Waals surface area contributed by atoms with Gasteiger partial charge in [0, 0.05) is 0 Å². The molecule has 0 bridgehead atoms. The molecule has 0 radical (unpaired) electrons. The first-order valence-electron chi connectivity index (χ1n) is 9.53. The fourth-order valence-corrected chi connectivity index (χ4v) is 5.83. The number of methoxy groups -OCH3 is 1. The molecule has 0 spiro atoms. The van der Waals surface area contributed by atoms with Gasteiger partial charge in [-0.15, -0.1) is 0 Å². The summed E-state index contributed by atoms with van der Waals surface area (Å²) in [6.07, 6.45) is 2.99. The maximum atomic E-state index is 12.4. The monoisotopic (exact) mass is 579 g/mol. The van der Waals surface area contributed by atoms with Crippen molar-refractivity contribution in [1.82, 2.24) is 28.4 Å². The molecule has 4 aromatic rings. The zero-order valence-corrected chi connectivity index (χ0v) is 22.1. The molecule has 0 aliphatic rings. The van der Waals surface area contributed by atoms with Crippen molar-refractivity contribution in [3.63, 3.8) is 0 Å². The van der Waals surface area contributed by atoms with Crippen molar-refractivity contribution in [2.75, 3.05) is 7.11 Å².